The second kappa shape index (κ2) is 6.40. The standard InChI is InChI=1S/C17H14F3N3O3/c18-17(19,20)16(15(25)26)6-7-23(9-16)14(24)12-8-21-10-22-13(12)11-4-2-1-3-5-11/h1-5,8,10H,6-7,9H2,(H,25,26). The van der Waals surface area contributed by atoms with Gasteiger partial charge in [0, 0.05) is 24.8 Å². The highest BCUT2D eigenvalue weighted by Crippen LogP contribution is 2.46. The van der Waals surface area contributed by atoms with Crippen molar-refractivity contribution in [1.29, 1.82) is 0 Å². The minimum Gasteiger partial charge on any atom is -0.481 e. The molecule has 1 aromatic heterocycles. The highest BCUT2D eigenvalue weighted by molar-refractivity contribution is 6.00. The van der Waals surface area contributed by atoms with Crippen molar-refractivity contribution >= 4 is 11.9 Å². The van der Waals surface area contributed by atoms with Gasteiger partial charge in [0.25, 0.3) is 5.91 Å². The summed E-state index contributed by atoms with van der Waals surface area (Å²) >= 11 is 0. The van der Waals surface area contributed by atoms with Crippen LogP contribution in [0.25, 0.3) is 11.3 Å². The molecular formula is C17H14F3N3O3. The Kier molecular flexibility index (Phi) is 4.39. The largest absolute Gasteiger partial charge is 0.481 e. The van der Waals surface area contributed by atoms with E-state index in [1.807, 2.05) is 0 Å². The number of carbonyl (C=O) groups excluding carboxylic acids is 1. The predicted molar refractivity (Wildman–Crippen MR) is 84.1 cm³/mol. The summed E-state index contributed by atoms with van der Waals surface area (Å²) in [6.45, 7) is -1.25. The van der Waals surface area contributed by atoms with Crippen LogP contribution in [0.5, 0.6) is 0 Å². The van der Waals surface area contributed by atoms with Crippen LogP contribution < -0.4 is 0 Å². The first-order valence-electron chi connectivity index (χ1n) is 7.71. The number of carboxylic acids is 1. The van der Waals surface area contributed by atoms with Crippen molar-refractivity contribution in [3.05, 3.63) is 48.4 Å². The molecule has 3 rings (SSSR count). The number of aromatic nitrogens is 2. The number of carboxylic acid groups (broad SMARTS) is 1. The molecule has 1 amide bonds. The maximum Gasteiger partial charge on any atom is 0.406 e. The normalized spacial score (nSPS) is 20.2. The summed E-state index contributed by atoms with van der Waals surface area (Å²) in [5, 5.41) is 9.12. The van der Waals surface area contributed by atoms with Gasteiger partial charge in [0.2, 0.25) is 0 Å². The van der Waals surface area contributed by atoms with Crippen molar-refractivity contribution in [3.63, 3.8) is 0 Å². The molecular weight excluding hydrogens is 351 g/mol. The van der Waals surface area contributed by atoms with Gasteiger partial charge < -0.3 is 10.0 Å². The molecule has 2 heterocycles. The van der Waals surface area contributed by atoms with E-state index in [4.69, 9.17) is 5.11 Å². The zero-order valence-electron chi connectivity index (χ0n) is 13.4. The Morgan fingerprint density at radius 3 is 2.46 bits per heavy atom. The Morgan fingerprint density at radius 1 is 1.19 bits per heavy atom. The Morgan fingerprint density at radius 2 is 1.88 bits per heavy atom. The predicted octanol–water partition coefficient (Wildman–Crippen LogP) is 2.62. The lowest BCUT2D eigenvalue weighted by molar-refractivity contribution is -0.227. The van der Waals surface area contributed by atoms with Crippen molar-refractivity contribution in [2.45, 2.75) is 12.6 Å². The smallest absolute Gasteiger partial charge is 0.406 e. The topological polar surface area (TPSA) is 83.4 Å². The minimum atomic E-state index is -4.96. The number of carbonyl (C=O) groups is 2. The first kappa shape index (κ1) is 17.8. The molecule has 0 saturated carbocycles. The van der Waals surface area contributed by atoms with Crippen molar-refractivity contribution in [2.75, 3.05) is 13.1 Å². The highest BCUT2D eigenvalue weighted by Gasteiger charge is 2.64. The van der Waals surface area contributed by atoms with Crippen molar-refractivity contribution in [2.24, 2.45) is 5.41 Å². The molecule has 1 N–H and O–H groups in total. The van der Waals surface area contributed by atoms with Crippen molar-refractivity contribution in [3.8, 4) is 11.3 Å². The van der Waals surface area contributed by atoms with Crippen LogP contribution in [0.2, 0.25) is 0 Å². The van der Waals surface area contributed by atoms with E-state index in [-0.39, 0.29) is 17.8 Å². The van der Waals surface area contributed by atoms with Gasteiger partial charge >= 0.3 is 12.1 Å². The van der Waals surface area contributed by atoms with Crippen LogP contribution in [0, 0.1) is 5.41 Å². The molecule has 1 aromatic carbocycles. The van der Waals surface area contributed by atoms with Gasteiger partial charge in [0.1, 0.15) is 6.33 Å². The number of hydrogen-bond donors (Lipinski definition) is 1. The summed E-state index contributed by atoms with van der Waals surface area (Å²) in [6.07, 6.45) is -3.18. The Labute approximate surface area is 146 Å². The van der Waals surface area contributed by atoms with Gasteiger partial charge in [-0.1, -0.05) is 30.3 Å². The minimum absolute atomic E-state index is 0.0297. The maximum absolute atomic E-state index is 13.3. The quantitative estimate of drug-likeness (QED) is 0.904. The van der Waals surface area contributed by atoms with Gasteiger partial charge in [0.05, 0.1) is 11.3 Å². The number of amides is 1. The fourth-order valence-corrected chi connectivity index (χ4v) is 2.99. The van der Waals surface area contributed by atoms with Gasteiger partial charge in [0.15, 0.2) is 5.41 Å². The van der Waals surface area contributed by atoms with Gasteiger partial charge in [-0.05, 0) is 6.42 Å². The summed E-state index contributed by atoms with van der Waals surface area (Å²) in [7, 11) is 0. The number of hydrogen-bond acceptors (Lipinski definition) is 4. The highest BCUT2D eigenvalue weighted by atomic mass is 19.4. The van der Waals surface area contributed by atoms with Crippen LogP contribution in [0.1, 0.15) is 16.8 Å². The second-order valence-electron chi connectivity index (χ2n) is 6.01. The molecule has 0 aliphatic carbocycles. The first-order valence-corrected chi connectivity index (χ1v) is 7.71. The molecule has 1 aliphatic heterocycles. The van der Waals surface area contributed by atoms with Crippen LogP contribution in [-0.4, -0.2) is 51.1 Å². The van der Waals surface area contributed by atoms with E-state index in [1.54, 1.807) is 30.3 Å². The molecule has 6 nitrogen and oxygen atoms in total. The van der Waals surface area contributed by atoms with Crippen LogP contribution in [0.4, 0.5) is 13.2 Å². The number of halogens is 3. The molecule has 1 atom stereocenters. The van der Waals surface area contributed by atoms with E-state index in [9.17, 15) is 22.8 Å². The van der Waals surface area contributed by atoms with Crippen LogP contribution in [0.3, 0.4) is 0 Å². The lowest BCUT2D eigenvalue weighted by Crippen LogP contribution is -2.47. The SMILES string of the molecule is O=C(c1cncnc1-c1ccccc1)N1CCC(C(=O)O)(C(F)(F)F)C1. The van der Waals surface area contributed by atoms with Gasteiger partial charge in [-0.15, -0.1) is 0 Å². The summed E-state index contributed by atoms with van der Waals surface area (Å²) in [5.41, 5.74) is -2.03. The number of likely N-dealkylation sites (tertiary alicyclic amines) is 1. The molecule has 136 valence electrons. The van der Waals surface area contributed by atoms with Gasteiger partial charge in [-0.25, -0.2) is 9.97 Å². The zero-order valence-corrected chi connectivity index (χ0v) is 13.4. The Balaban J connectivity index is 1.94. The summed E-state index contributed by atoms with van der Waals surface area (Å²) in [5.74, 6) is -2.70. The lowest BCUT2D eigenvalue weighted by atomic mass is 9.86. The zero-order chi connectivity index (χ0) is 18.9. The Hall–Kier alpha value is -2.97. The summed E-state index contributed by atoms with van der Waals surface area (Å²) in [4.78, 5) is 32.8. The molecule has 26 heavy (non-hydrogen) atoms. The molecule has 0 radical (unpaired) electrons. The monoisotopic (exact) mass is 365 g/mol. The van der Waals surface area contributed by atoms with E-state index in [1.165, 1.54) is 12.5 Å². The number of aliphatic carboxylic acids is 1. The summed E-state index contributed by atoms with van der Waals surface area (Å²) < 4.78 is 39.9. The molecule has 1 fully saturated rings. The average molecular weight is 365 g/mol. The molecule has 1 saturated heterocycles. The summed E-state index contributed by atoms with van der Waals surface area (Å²) in [6, 6.07) is 8.67. The Bertz CT molecular complexity index is 842. The number of nitrogens with zero attached hydrogens (tertiary/aromatic N) is 3. The van der Waals surface area contributed by atoms with Gasteiger partial charge in [-0.2, -0.15) is 13.2 Å². The van der Waals surface area contributed by atoms with Crippen molar-refractivity contribution in [1.82, 2.24) is 14.9 Å². The maximum atomic E-state index is 13.3. The molecule has 2 aromatic rings. The number of benzene rings is 1. The average Bonchev–Trinajstić information content (AvgIpc) is 3.09. The third-order valence-corrected chi connectivity index (χ3v) is 4.50. The molecule has 0 bridgehead atoms. The first-order chi connectivity index (χ1) is 12.3. The fourth-order valence-electron chi connectivity index (χ4n) is 2.99. The third-order valence-electron chi connectivity index (χ3n) is 4.50. The van der Waals surface area contributed by atoms with Crippen LogP contribution >= 0.6 is 0 Å². The van der Waals surface area contributed by atoms with Crippen molar-refractivity contribution < 1.29 is 27.9 Å². The number of rotatable bonds is 3. The van der Waals surface area contributed by atoms with Crippen LogP contribution in [0.15, 0.2) is 42.9 Å². The third kappa shape index (κ3) is 2.89. The molecule has 0 spiro atoms. The van der Waals surface area contributed by atoms with E-state index >= 15 is 0 Å². The molecule has 1 aliphatic rings. The molecule has 1 unspecified atom stereocenters. The van der Waals surface area contributed by atoms with E-state index < -0.39 is 36.4 Å². The lowest BCUT2D eigenvalue weighted by Gasteiger charge is -2.27. The van der Waals surface area contributed by atoms with E-state index in [0.717, 1.165) is 4.90 Å². The molecule has 9 heteroatoms. The van der Waals surface area contributed by atoms with E-state index in [0.29, 0.717) is 5.56 Å². The van der Waals surface area contributed by atoms with Gasteiger partial charge in [-0.3, -0.25) is 9.59 Å². The van der Waals surface area contributed by atoms with E-state index in [2.05, 4.69) is 9.97 Å². The second-order valence-corrected chi connectivity index (χ2v) is 6.01. The van der Waals surface area contributed by atoms with Crippen LogP contribution in [-0.2, 0) is 4.79 Å². The fraction of sp³-hybridized carbons (Fsp3) is 0.294. The number of alkyl halides is 3.